The molecule has 1 atom stereocenters. The van der Waals surface area contributed by atoms with Crippen LogP contribution in [0.5, 0.6) is 5.75 Å². The zero-order chi connectivity index (χ0) is 18.8. The molecule has 0 bridgehead atoms. The van der Waals surface area contributed by atoms with Crippen molar-refractivity contribution in [1.29, 1.82) is 0 Å². The van der Waals surface area contributed by atoms with Crippen molar-refractivity contribution in [3.63, 3.8) is 0 Å². The van der Waals surface area contributed by atoms with Crippen LogP contribution in [0.2, 0.25) is 0 Å². The number of ether oxygens (including phenoxy) is 1. The largest absolute Gasteiger partial charge is 0.480 e. The Bertz CT molecular complexity index is 1050. The quantitative estimate of drug-likeness (QED) is 0.635. The van der Waals surface area contributed by atoms with E-state index in [2.05, 4.69) is 21.2 Å². The number of rotatable bonds is 4. The van der Waals surface area contributed by atoms with Crippen LogP contribution in [0, 0.1) is 12.7 Å². The Morgan fingerprint density at radius 2 is 2.00 bits per heavy atom. The van der Waals surface area contributed by atoms with Gasteiger partial charge >= 0.3 is 5.63 Å². The van der Waals surface area contributed by atoms with Crippen LogP contribution >= 0.6 is 15.9 Å². The highest BCUT2D eigenvalue weighted by atomic mass is 79.9. The van der Waals surface area contributed by atoms with Crippen molar-refractivity contribution in [2.75, 3.05) is 5.32 Å². The maximum Gasteiger partial charge on any atom is 0.336 e. The first kappa shape index (κ1) is 18.1. The summed E-state index contributed by atoms with van der Waals surface area (Å²) in [6.45, 7) is 3.39. The number of amides is 1. The van der Waals surface area contributed by atoms with E-state index in [1.807, 2.05) is 6.92 Å². The molecule has 3 aromatic rings. The maximum atomic E-state index is 13.1. The second kappa shape index (κ2) is 7.29. The lowest BCUT2D eigenvalue weighted by Crippen LogP contribution is -2.30. The average molecular weight is 420 g/mol. The Kier molecular flexibility index (Phi) is 5.08. The molecule has 7 heteroatoms. The summed E-state index contributed by atoms with van der Waals surface area (Å²) in [5, 5.41) is 3.50. The van der Waals surface area contributed by atoms with E-state index in [1.54, 1.807) is 25.1 Å². The van der Waals surface area contributed by atoms with Crippen LogP contribution in [-0.2, 0) is 4.79 Å². The average Bonchev–Trinajstić information content (AvgIpc) is 2.56. The van der Waals surface area contributed by atoms with E-state index in [4.69, 9.17) is 9.15 Å². The first-order chi connectivity index (χ1) is 12.3. The van der Waals surface area contributed by atoms with Gasteiger partial charge in [0.25, 0.3) is 5.91 Å². The van der Waals surface area contributed by atoms with Gasteiger partial charge in [0.1, 0.15) is 17.1 Å². The molecule has 1 N–H and O–H groups in total. The molecule has 1 unspecified atom stereocenters. The lowest BCUT2D eigenvalue weighted by Gasteiger charge is -2.16. The highest BCUT2D eigenvalue weighted by Crippen LogP contribution is 2.27. The van der Waals surface area contributed by atoms with Crippen LogP contribution in [0.25, 0.3) is 11.0 Å². The fourth-order valence-electron chi connectivity index (χ4n) is 2.46. The summed E-state index contributed by atoms with van der Waals surface area (Å²) in [7, 11) is 0. The molecule has 0 aliphatic rings. The van der Waals surface area contributed by atoms with Crippen LogP contribution in [0.15, 0.2) is 56.1 Å². The third-order valence-corrected chi connectivity index (χ3v) is 4.41. The molecule has 3 rings (SSSR count). The van der Waals surface area contributed by atoms with E-state index in [1.165, 1.54) is 24.3 Å². The second-order valence-electron chi connectivity index (χ2n) is 5.78. The summed E-state index contributed by atoms with van der Waals surface area (Å²) < 4.78 is 24.3. The number of nitrogens with one attached hydrogen (secondary N) is 1. The molecule has 26 heavy (non-hydrogen) atoms. The minimum atomic E-state index is -0.822. The van der Waals surface area contributed by atoms with Crippen molar-refractivity contribution in [1.82, 2.24) is 0 Å². The molecule has 1 heterocycles. The number of fused-ring (bicyclic) bond motifs is 1. The molecule has 0 aliphatic heterocycles. The number of carbonyl (C=O) groups excluding carboxylic acids is 1. The summed E-state index contributed by atoms with van der Waals surface area (Å²) in [5.74, 6) is -0.445. The number of anilines is 1. The molecule has 2 aromatic carbocycles. The number of benzene rings is 2. The van der Waals surface area contributed by atoms with Crippen molar-refractivity contribution in [2.45, 2.75) is 20.0 Å². The zero-order valence-electron chi connectivity index (χ0n) is 14.0. The topological polar surface area (TPSA) is 68.5 Å². The van der Waals surface area contributed by atoms with E-state index in [0.29, 0.717) is 21.5 Å². The smallest absolute Gasteiger partial charge is 0.336 e. The molecular weight excluding hydrogens is 405 g/mol. The van der Waals surface area contributed by atoms with E-state index >= 15 is 0 Å². The molecule has 0 radical (unpaired) electrons. The highest BCUT2D eigenvalue weighted by molar-refractivity contribution is 9.10. The Labute approximate surface area is 156 Å². The molecular formula is C19H15BrFNO4. The number of hydrogen-bond donors (Lipinski definition) is 1. The molecule has 5 nitrogen and oxygen atoms in total. The van der Waals surface area contributed by atoms with Crippen molar-refractivity contribution >= 4 is 38.5 Å². The lowest BCUT2D eigenvalue weighted by molar-refractivity contribution is -0.122. The van der Waals surface area contributed by atoms with Crippen LogP contribution in [0.4, 0.5) is 10.1 Å². The second-order valence-corrected chi connectivity index (χ2v) is 6.64. The number of hydrogen-bond acceptors (Lipinski definition) is 4. The van der Waals surface area contributed by atoms with Crippen molar-refractivity contribution in [3.8, 4) is 5.75 Å². The molecule has 0 saturated heterocycles. The standard InChI is InChI=1S/C19H15BrFNO4/c1-10-7-18(23)26-17-9-13(4-5-14(10)17)22-19(24)11(2)25-16-6-3-12(21)8-15(16)20/h3-9,11H,1-2H3,(H,22,24). The lowest BCUT2D eigenvalue weighted by atomic mass is 10.1. The summed E-state index contributed by atoms with van der Waals surface area (Å²) in [6, 6.07) is 10.4. The van der Waals surface area contributed by atoms with Gasteiger partial charge in [-0.25, -0.2) is 9.18 Å². The van der Waals surface area contributed by atoms with Crippen molar-refractivity contribution in [2.24, 2.45) is 0 Å². The molecule has 0 aliphatic carbocycles. The maximum absolute atomic E-state index is 13.1. The van der Waals surface area contributed by atoms with Crippen molar-refractivity contribution in [3.05, 3.63) is 68.7 Å². The van der Waals surface area contributed by atoms with Gasteiger partial charge in [-0.1, -0.05) is 0 Å². The molecule has 1 aromatic heterocycles. The van der Waals surface area contributed by atoms with Crippen LogP contribution in [0.3, 0.4) is 0 Å². The third kappa shape index (κ3) is 3.94. The Morgan fingerprint density at radius 1 is 1.23 bits per heavy atom. The SMILES string of the molecule is Cc1cc(=O)oc2cc(NC(=O)C(C)Oc3ccc(F)cc3Br)ccc12. The van der Waals surface area contributed by atoms with Crippen LogP contribution < -0.4 is 15.7 Å². The molecule has 0 fully saturated rings. The first-order valence-electron chi connectivity index (χ1n) is 7.80. The van der Waals surface area contributed by atoms with Gasteiger partial charge in [0.05, 0.1) is 4.47 Å². The zero-order valence-corrected chi connectivity index (χ0v) is 15.6. The van der Waals surface area contributed by atoms with Gasteiger partial charge in [-0.05, 0) is 65.7 Å². The fraction of sp³-hybridized carbons (Fsp3) is 0.158. The Hall–Kier alpha value is -2.67. The van der Waals surface area contributed by atoms with Gasteiger partial charge in [0.15, 0.2) is 6.10 Å². The number of aryl methyl sites for hydroxylation is 1. The van der Waals surface area contributed by atoms with E-state index < -0.39 is 23.5 Å². The molecule has 1 amide bonds. The number of carbonyl (C=O) groups is 1. The van der Waals surface area contributed by atoms with Gasteiger partial charge in [-0.3, -0.25) is 4.79 Å². The van der Waals surface area contributed by atoms with Gasteiger partial charge in [-0.15, -0.1) is 0 Å². The summed E-state index contributed by atoms with van der Waals surface area (Å²) in [6.07, 6.45) is -0.822. The molecule has 0 spiro atoms. The van der Waals surface area contributed by atoms with Gasteiger partial charge in [-0.2, -0.15) is 0 Å². The summed E-state index contributed by atoms with van der Waals surface area (Å²) in [4.78, 5) is 23.8. The molecule has 0 saturated carbocycles. The van der Waals surface area contributed by atoms with E-state index in [9.17, 15) is 14.0 Å². The number of halogens is 2. The van der Waals surface area contributed by atoms with Gasteiger partial charge in [0.2, 0.25) is 0 Å². The first-order valence-corrected chi connectivity index (χ1v) is 8.60. The minimum absolute atomic E-state index is 0.356. The predicted molar refractivity (Wildman–Crippen MR) is 100 cm³/mol. The normalized spacial score (nSPS) is 12.0. The Morgan fingerprint density at radius 3 is 2.73 bits per heavy atom. The predicted octanol–water partition coefficient (Wildman–Crippen LogP) is 4.41. The highest BCUT2D eigenvalue weighted by Gasteiger charge is 2.17. The van der Waals surface area contributed by atoms with Gasteiger partial charge < -0.3 is 14.5 Å². The molecule has 134 valence electrons. The van der Waals surface area contributed by atoms with Crippen LogP contribution in [-0.4, -0.2) is 12.0 Å². The summed E-state index contributed by atoms with van der Waals surface area (Å²) in [5.41, 5.74) is 1.22. The van der Waals surface area contributed by atoms with Gasteiger partial charge in [0, 0.05) is 23.2 Å². The third-order valence-electron chi connectivity index (χ3n) is 3.79. The minimum Gasteiger partial charge on any atom is -0.480 e. The van der Waals surface area contributed by atoms with E-state index in [0.717, 1.165) is 10.9 Å². The summed E-state index contributed by atoms with van der Waals surface area (Å²) >= 11 is 3.19. The van der Waals surface area contributed by atoms with Crippen LogP contribution in [0.1, 0.15) is 12.5 Å². The van der Waals surface area contributed by atoms with E-state index in [-0.39, 0.29) is 0 Å². The monoisotopic (exact) mass is 419 g/mol. The fourth-order valence-corrected chi connectivity index (χ4v) is 2.91. The Balaban J connectivity index is 1.76. The van der Waals surface area contributed by atoms with Crippen molar-refractivity contribution < 1.29 is 18.3 Å².